The summed E-state index contributed by atoms with van der Waals surface area (Å²) in [5.41, 5.74) is 0.608. The summed E-state index contributed by atoms with van der Waals surface area (Å²) in [5, 5.41) is 2.83. The molecule has 0 aliphatic carbocycles. The van der Waals surface area contributed by atoms with Crippen LogP contribution in [0.1, 0.15) is 30.6 Å². The lowest BCUT2D eigenvalue weighted by Crippen LogP contribution is -2.25. The zero-order valence-corrected chi connectivity index (χ0v) is 11.7. The first-order valence-electron chi connectivity index (χ1n) is 5.61. The summed E-state index contributed by atoms with van der Waals surface area (Å²) in [6, 6.07) is 3.38. The van der Waals surface area contributed by atoms with Crippen molar-refractivity contribution in [3.8, 4) is 0 Å². The Morgan fingerprint density at radius 1 is 1.59 bits per heavy atom. The standard InChI is InChI=1S/C12H17BrN2O2/c1-9(2)17-7-3-5-15-12(16)10-4-6-14-11(13)8-10/h4,6,8-9H,3,5,7H2,1-2H3,(H,15,16). The third-order valence-electron chi connectivity index (χ3n) is 2.05. The molecular formula is C12H17BrN2O2. The maximum absolute atomic E-state index is 11.7. The number of ether oxygens (including phenoxy) is 1. The van der Waals surface area contributed by atoms with Crippen molar-refractivity contribution < 1.29 is 9.53 Å². The number of nitrogens with zero attached hydrogens (tertiary/aromatic N) is 1. The van der Waals surface area contributed by atoms with Crippen molar-refractivity contribution in [1.29, 1.82) is 0 Å². The molecule has 1 rings (SSSR count). The Kier molecular flexibility index (Phi) is 6.15. The molecule has 0 unspecified atom stereocenters. The zero-order valence-electron chi connectivity index (χ0n) is 10.1. The van der Waals surface area contributed by atoms with Gasteiger partial charge in [-0.2, -0.15) is 0 Å². The molecule has 0 atom stereocenters. The van der Waals surface area contributed by atoms with E-state index in [2.05, 4.69) is 26.2 Å². The maximum Gasteiger partial charge on any atom is 0.251 e. The Labute approximate surface area is 110 Å². The first kappa shape index (κ1) is 14.1. The van der Waals surface area contributed by atoms with Crippen molar-refractivity contribution in [3.63, 3.8) is 0 Å². The van der Waals surface area contributed by atoms with Crippen LogP contribution in [0.15, 0.2) is 22.9 Å². The van der Waals surface area contributed by atoms with Gasteiger partial charge in [-0.25, -0.2) is 4.98 Å². The lowest BCUT2D eigenvalue weighted by Gasteiger charge is -2.08. The van der Waals surface area contributed by atoms with Crippen LogP contribution in [0.4, 0.5) is 0 Å². The Morgan fingerprint density at radius 3 is 3.00 bits per heavy atom. The molecule has 94 valence electrons. The highest BCUT2D eigenvalue weighted by atomic mass is 79.9. The molecule has 1 aromatic rings. The van der Waals surface area contributed by atoms with E-state index in [1.54, 1.807) is 18.3 Å². The minimum absolute atomic E-state index is 0.0855. The van der Waals surface area contributed by atoms with Crippen molar-refractivity contribution >= 4 is 21.8 Å². The molecule has 0 radical (unpaired) electrons. The van der Waals surface area contributed by atoms with Gasteiger partial charge in [-0.05, 0) is 48.3 Å². The minimum atomic E-state index is -0.0855. The summed E-state index contributed by atoms with van der Waals surface area (Å²) in [7, 11) is 0. The van der Waals surface area contributed by atoms with Gasteiger partial charge < -0.3 is 10.1 Å². The number of rotatable bonds is 6. The summed E-state index contributed by atoms with van der Waals surface area (Å²) < 4.78 is 6.04. The SMILES string of the molecule is CC(C)OCCCNC(=O)c1ccnc(Br)c1. The number of carbonyl (C=O) groups excluding carboxylic acids is 1. The van der Waals surface area contributed by atoms with E-state index in [0.29, 0.717) is 23.3 Å². The van der Waals surface area contributed by atoms with Gasteiger partial charge in [-0.15, -0.1) is 0 Å². The van der Waals surface area contributed by atoms with Crippen LogP contribution in [-0.4, -0.2) is 30.1 Å². The van der Waals surface area contributed by atoms with E-state index in [1.807, 2.05) is 13.8 Å². The average Bonchev–Trinajstić information content (AvgIpc) is 2.28. The molecule has 0 saturated carbocycles. The van der Waals surface area contributed by atoms with E-state index in [-0.39, 0.29) is 12.0 Å². The molecule has 0 spiro atoms. The molecule has 0 aromatic carbocycles. The fraction of sp³-hybridized carbons (Fsp3) is 0.500. The molecular weight excluding hydrogens is 284 g/mol. The van der Waals surface area contributed by atoms with Crippen LogP contribution in [0.5, 0.6) is 0 Å². The predicted molar refractivity (Wildman–Crippen MR) is 70.0 cm³/mol. The lowest BCUT2D eigenvalue weighted by atomic mass is 10.2. The molecule has 0 fully saturated rings. The Morgan fingerprint density at radius 2 is 2.35 bits per heavy atom. The molecule has 0 aliphatic heterocycles. The third-order valence-corrected chi connectivity index (χ3v) is 2.48. The fourth-order valence-corrected chi connectivity index (χ4v) is 1.60. The highest BCUT2D eigenvalue weighted by Gasteiger charge is 2.05. The molecule has 17 heavy (non-hydrogen) atoms. The highest BCUT2D eigenvalue weighted by Crippen LogP contribution is 2.07. The van der Waals surface area contributed by atoms with Crippen LogP contribution in [0.3, 0.4) is 0 Å². The molecule has 1 heterocycles. The van der Waals surface area contributed by atoms with Crippen LogP contribution < -0.4 is 5.32 Å². The number of pyridine rings is 1. The minimum Gasteiger partial charge on any atom is -0.379 e. The van der Waals surface area contributed by atoms with E-state index in [1.165, 1.54) is 0 Å². The van der Waals surface area contributed by atoms with Crippen molar-refractivity contribution in [2.24, 2.45) is 0 Å². The second-order valence-corrected chi connectivity index (χ2v) is 4.71. The summed E-state index contributed by atoms with van der Waals surface area (Å²) >= 11 is 3.23. The van der Waals surface area contributed by atoms with Gasteiger partial charge in [-0.1, -0.05) is 0 Å². The van der Waals surface area contributed by atoms with E-state index >= 15 is 0 Å². The average molecular weight is 301 g/mol. The Bertz CT molecular complexity index is 369. The van der Waals surface area contributed by atoms with Crippen LogP contribution in [0, 0.1) is 0 Å². The van der Waals surface area contributed by atoms with E-state index in [0.717, 1.165) is 6.42 Å². The summed E-state index contributed by atoms with van der Waals surface area (Å²) in [4.78, 5) is 15.7. The molecule has 0 aliphatic rings. The van der Waals surface area contributed by atoms with Gasteiger partial charge in [0.05, 0.1) is 6.10 Å². The molecule has 4 nitrogen and oxygen atoms in total. The number of aromatic nitrogens is 1. The van der Waals surface area contributed by atoms with Crippen molar-refractivity contribution in [2.75, 3.05) is 13.2 Å². The fourth-order valence-electron chi connectivity index (χ4n) is 1.24. The second kappa shape index (κ2) is 7.40. The molecule has 5 heteroatoms. The smallest absolute Gasteiger partial charge is 0.251 e. The lowest BCUT2D eigenvalue weighted by molar-refractivity contribution is 0.0757. The van der Waals surface area contributed by atoms with Gasteiger partial charge in [0, 0.05) is 24.9 Å². The monoisotopic (exact) mass is 300 g/mol. The maximum atomic E-state index is 11.7. The molecule has 1 amide bonds. The molecule has 1 N–H and O–H groups in total. The summed E-state index contributed by atoms with van der Waals surface area (Å²) in [5.74, 6) is -0.0855. The first-order chi connectivity index (χ1) is 8.09. The van der Waals surface area contributed by atoms with Gasteiger partial charge in [0.15, 0.2) is 0 Å². The molecule has 0 bridgehead atoms. The number of amides is 1. The normalized spacial score (nSPS) is 10.6. The van der Waals surface area contributed by atoms with Crippen molar-refractivity contribution in [2.45, 2.75) is 26.4 Å². The Balaban J connectivity index is 2.26. The molecule has 0 saturated heterocycles. The zero-order chi connectivity index (χ0) is 12.7. The number of carbonyl (C=O) groups is 1. The molecule has 1 aromatic heterocycles. The highest BCUT2D eigenvalue weighted by molar-refractivity contribution is 9.10. The van der Waals surface area contributed by atoms with E-state index in [9.17, 15) is 4.79 Å². The third kappa shape index (κ3) is 5.79. The van der Waals surface area contributed by atoms with Gasteiger partial charge in [0.25, 0.3) is 5.91 Å². The van der Waals surface area contributed by atoms with E-state index < -0.39 is 0 Å². The van der Waals surface area contributed by atoms with Crippen molar-refractivity contribution in [1.82, 2.24) is 10.3 Å². The Hall–Kier alpha value is -0.940. The van der Waals surface area contributed by atoms with Crippen LogP contribution >= 0.6 is 15.9 Å². The van der Waals surface area contributed by atoms with Crippen LogP contribution in [0.25, 0.3) is 0 Å². The number of halogens is 1. The summed E-state index contributed by atoms with van der Waals surface area (Å²) in [6.07, 6.45) is 2.65. The second-order valence-electron chi connectivity index (χ2n) is 3.90. The largest absolute Gasteiger partial charge is 0.379 e. The number of hydrogen-bond donors (Lipinski definition) is 1. The summed E-state index contributed by atoms with van der Waals surface area (Å²) in [6.45, 7) is 5.27. The number of hydrogen-bond acceptors (Lipinski definition) is 3. The number of nitrogens with one attached hydrogen (secondary N) is 1. The van der Waals surface area contributed by atoms with E-state index in [4.69, 9.17) is 4.74 Å². The van der Waals surface area contributed by atoms with Crippen LogP contribution in [0.2, 0.25) is 0 Å². The van der Waals surface area contributed by atoms with Crippen molar-refractivity contribution in [3.05, 3.63) is 28.5 Å². The van der Waals surface area contributed by atoms with Crippen LogP contribution in [-0.2, 0) is 4.74 Å². The van der Waals surface area contributed by atoms with Gasteiger partial charge in [-0.3, -0.25) is 4.79 Å². The van der Waals surface area contributed by atoms with Gasteiger partial charge in [0.1, 0.15) is 4.60 Å². The van der Waals surface area contributed by atoms with Gasteiger partial charge in [0.2, 0.25) is 0 Å². The first-order valence-corrected chi connectivity index (χ1v) is 6.40. The predicted octanol–water partition coefficient (Wildman–Crippen LogP) is 2.39. The topological polar surface area (TPSA) is 51.2 Å². The van der Waals surface area contributed by atoms with Gasteiger partial charge >= 0.3 is 0 Å². The quantitative estimate of drug-likeness (QED) is 0.648.